The third-order valence-corrected chi connectivity index (χ3v) is 5.76. The molecule has 0 fully saturated rings. The van der Waals surface area contributed by atoms with E-state index >= 15 is 0 Å². The molecule has 5 nitrogen and oxygen atoms in total. The molecular weight excluding hydrogens is 424 g/mol. The molecule has 1 aliphatic heterocycles. The fourth-order valence-electron chi connectivity index (χ4n) is 3.70. The summed E-state index contributed by atoms with van der Waals surface area (Å²) in [5.41, 5.74) is 9.60. The van der Waals surface area contributed by atoms with Crippen LogP contribution in [0.2, 0.25) is 5.02 Å². The Balaban J connectivity index is 1.69. The van der Waals surface area contributed by atoms with E-state index in [9.17, 15) is 10.1 Å². The van der Waals surface area contributed by atoms with Gasteiger partial charge in [-0.05, 0) is 35.2 Å². The Hall–Kier alpha value is -3.75. The molecule has 3 aromatic carbocycles. The molecule has 0 aromatic heterocycles. The number of halogens is 1. The van der Waals surface area contributed by atoms with E-state index in [1.165, 1.54) is 5.56 Å². The number of hydrogen-bond acceptors (Lipinski definition) is 5. The molecule has 3 aromatic rings. The summed E-state index contributed by atoms with van der Waals surface area (Å²) in [5.74, 6) is 0.205. The third kappa shape index (κ3) is 4.05. The van der Waals surface area contributed by atoms with Gasteiger partial charge in [-0.1, -0.05) is 67.9 Å². The van der Waals surface area contributed by atoms with Gasteiger partial charge in [0.05, 0.1) is 16.5 Å². The molecule has 0 amide bonds. The van der Waals surface area contributed by atoms with Crippen LogP contribution in [0.5, 0.6) is 11.5 Å². The first kappa shape index (κ1) is 21.5. The summed E-state index contributed by atoms with van der Waals surface area (Å²) in [5, 5.41) is 10.0. The molecule has 1 atom stereocenters. The zero-order valence-electron chi connectivity index (χ0n) is 17.6. The lowest BCUT2D eigenvalue weighted by Crippen LogP contribution is -2.21. The first-order valence-electron chi connectivity index (χ1n) is 10.2. The second-order valence-corrected chi connectivity index (χ2v) is 8.22. The van der Waals surface area contributed by atoms with Crippen LogP contribution in [0.1, 0.15) is 52.7 Å². The van der Waals surface area contributed by atoms with E-state index in [0.29, 0.717) is 22.3 Å². The van der Waals surface area contributed by atoms with Gasteiger partial charge >= 0.3 is 5.97 Å². The lowest BCUT2D eigenvalue weighted by Gasteiger charge is -2.27. The van der Waals surface area contributed by atoms with Crippen molar-refractivity contribution in [2.75, 3.05) is 0 Å². The van der Waals surface area contributed by atoms with Gasteiger partial charge in [-0.2, -0.15) is 5.26 Å². The van der Waals surface area contributed by atoms with Crippen molar-refractivity contribution in [3.05, 3.63) is 105 Å². The summed E-state index contributed by atoms with van der Waals surface area (Å²) in [6.07, 6.45) is 0. The molecule has 0 saturated heterocycles. The molecule has 160 valence electrons. The minimum atomic E-state index is -0.576. The molecule has 1 aliphatic rings. The highest BCUT2D eigenvalue weighted by Gasteiger charge is 2.31. The van der Waals surface area contributed by atoms with Crippen LogP contribution in [-0.4, -0.2) is 5.97 Å². The Bertz CT molecular complexity index is 1260. The van der Waals surface area contributed by atoms with Crippen molar-refractivity contribution in [3.8, 4) is 17.6 Å². The van der Waals surface area contributed by atoms with E-state index < -0.39 is 5.97 Å². The van der Waals surface area contributed by atoms with Crippen molar-refractivity contribution in [1.82, 2.24) is 0 Å². The van der Waals surface area contributed by atoms with Gasteiger partial charge in [0.2, 0.25) is 5.88 Å². The minimum Gasteiger partial charge on any atom is -0.440 e. The molecule has 0 spiro atoms. The summed E-state index contributed by atoms with van der Waals surface area (Å²) in [7, 11) is 0. The topological polar surface area (TPSA) is 85.3 Å². The molecule has 6 heteroatoms. The first-order chi connectivity index (χ1) is 15.4. The second-order valence-electron chi connectivity index (χ2n) is 7.82. The Morgan fingerprint density at radius 3 is 2.50 bits per heavy atom. The van der Waals surface area contributed by atoms with Gasteiger partial charge in [-0.25, -0.2) is 4.79 Å². The quantitative estimate of drug-likeness (QED) is 0.400. The molecule has 1 heterocycles. The van der Waals surface area contributed by atoms with Gasteiger partial charge in [0, 0.05) is 11.6 Å². The first-order valence-corrected chi connectivity index (χ1v) is 10.5. The molecule has 0 radical (unpaired) electrons. The molecule has 0 saturated carbocycles. The summed E-state index contributed by atoms with van der Waals surface area (Å²) >= 11 is 6.09. The van der Waals surface area contributed by atoms with Gasteiger partial charge in [0.1, 0.15) is 23.1 Å². The number of nitriles is 1. The lowest BCUT2D eigenvalue weighted by molar-refractivity contribution is 0.0734. The van der Waals surface area contributed by atoms with Crippen molar-refractivity contribution in [2.24, 2.45) is 5.73 Å². The molecular formula is C26H21ClN2O3. The van der Waals surface area contributed by atoms with E-state index in [-0.39, 0.29) is 23.1 Å². The van der Waals surface area contributed by atoms with Gasteiger partial charge in [-0.15, -0.1) is 0 Å². The number of fused-ring (bicyclic) bond motifs is 1. The van der Waals surface area contributed by atoms with Gasteiger partial charge in [0.15, 0.2) is 0 Å². The van der Waals surface area contributed by atoms with Crippen LogP contribution in [-0.2, 0) is 0 Å². The van der Waals surface area contributed by atoms with E-state index in [1.54, 1.807) is 42.5 Å². The normalized spacial score (nSPS) is 15.0. The number of nitrogens with two attached hydrogens (primary N) is 1. The van der Waals surface area contributed by atoms with Crippen LogP contribution in [0.3, 0.4) is 0 Å². The van der Waals surface area contributed by atoms with Gasteiger partial charge < -0.3 is 15.2 Å². The molecule has 2 N–H and O–H groups in total. The van der Waals surface area contributed by atoms with Crippen molar-refractivity contribution >= 4 is 17.6 Å². The molecule has 0 bridgehead atoms. The van der Waals surface area contributed by atoms with Crippen molar-refractivity contribution in [2.45, 2.75) is 25.7 Å². The smallest absolute Gasteiger partial charge is 0.345 e. The summed E-state index contributed by atoms with van der Waals surface area (Å²) in [6.45, 7) is 4.26. The number of ether oxygens (including phenoxy) is 2. The van der Waals surface area contributed by atoms with Gasteiger partial charge in [0.25, 0.3) is 0 Å². The van der Waals surface area contributed by atoms with Crippen LogP contribution in [0.15, 0.2) is 78.2 Å². The van der Waals surface area contributed by atoms with Crippen LogP contribution < -0.4 is 15.2 Å². The second kappa shape index (κ2) is 8.78. The predicted molar refractivity (Wildman–Crippen MR) is 123 cm³/mol. The maximum Gasteiger partial charge on any atom is 0.345 e. The minimum absolute atomic E-state index is 0.0347. The number of hydrogen-bond donors (Lipinski definition) is 1. The number of nitrogens with zero attached hydrogens (tertiary/aromatic N) is 1. The fraction of sp³-hybridized carbons (Fsp3) is 0.154. The van der Waals surface area contributed by atoms with Crippen LogP contribution in [0, 0.1) is 11.3 Å². The van der Waals surface area contributed by atoms with Crippen LogP contribution in [0.25, 0.3) is 0 Å². The van der Waals surface area contributed by atoms with Crippen molar-refractivity contribution in [1.29, 1.82) is 5.26 Å². The average Bonchev–Trinajstić information content (AvgIpc) is 2.78. The largest absolute Gasteiger partial charge is 0.440 e. The van der Waals surface area contributed by atoms with E-state index in [2.05, 4.69) is 32.0 Å². The van der Waals surface area contributed by atoms with Crippen LogP contribution >= 0.6 is 11.6 Å². The average molecular weight is 445 g/mol. The Kier molecular flexibility index (Phi) is 5.89. The molecule has 32 heavy (non-hydrogen) atoms. The number of rotatable bonds is 4. The maximum atomic E-state index is 12.5. The van der Waals surface area contributed by atoms with Crippen molar-refractivity contribution in [3.63, 3.8) is 0 Å². The standard InChI is InChI=1S/C26H21ClN2O3/c1-15(2)16-7-9-17(10-8-16)24-20-12-11-18(13-23(20)32-25(29)21(24)14-28)31-26(30)19-5-3-4-6-22(19)27/h3-13,15,24H,29H2,1-2H3. The highest BCUT2D eigenvalue weighted by molar-refractivity contribution is 6.33. The molecule has 4 rings (SSSR count). The zero-order valence-corrected chi connectivity index (χ0v) is 18.4. The Morgan fingerprint density at radius 2 is 1.84 bits per heavy atom. The van der Waals surface area contributed by atoms with Crippen molar-refractivity contribution < 1.29 is 14.3 Å². The van der Waals surface area contributed by atoms with Gasteiger partial charge in [-0.3, -0.25) is 0 Å². The molecule has 0 aliphatic carbocycles. The Labute approximate surface area is 191 Å². The number of esters is 1. The molecule has 1 unspecified atom stereocenters. The SMILES string of the molecule is CC(C)c1ccc(C2C(C#N)=C(N)Oc3cc(OC(=O)c4ccccc4Cl)ccc32)cc1. The fourth-order valence-corrected chi connectivity index (χ4v) is 3.92. The number of allylic oxidation sites excluding steroid dienone is 1. The third-order valence-electron chi connectivity index (χ3n) is 5.43. The lowest BCUT2D eigenvalue weighted by atomic mass is 9.83. The highest BCUT2D eigenvalue weighted by atomic mass is 35.5. The summed E-state index contributed by atoms with van der Waals surface area (Å²) in [4.78, 5) is 12.5. The van der Waals surface area contributed by atoms with E-state index in [1.807, 2.05) is 12.1 Å². The summed E-state index contributed by atoms with van der Waals surface area (Å²) in [6, 6.07) is 22.0. The predicted octanol–water partition coefficient (Wildman–Crippen LogP) is 5.90. The van der Waals surface area contributed by atoms with E-state index in [4.69, 9.17) is 26.8 Å². The van der Waals surface area contributed by atoms with E-state index in [0.717, 1.165) is 11.1 Å². The maximum absolute atomic E-state index is 12.5. The summed E-state index contributed by atoms with van der Waals surface area (Å²) < 4.78 is 11.2. The number of carbonyl (C=O) groups excluding carboxylic acids is 1. The number of carbonyl (C=O) groups is 1. The highest BCUT2D eigenvalue weighted by Crippen LogP contribution is 2.43. The zero-order chi connectivity index (χ0) is 22.8. The monoisotopic (exact) mass is 444 g/mol. The number of benzene rings is 3. The Morgan fingerprint density at radius 1 is 1.12 bits per heavy atom. The van der Waals surface area contributed by atoms with Crippen LogP contribution in [0.4, 0.5) is 0 Å².